The zero-order valence-electron chi connectivity index (χ0n) is 12.5. The molecule has 3 N–H and O–H groups in total. The number of nitrogen functional groups attached to an aromatic ring is 1. The van der Waals surface area contributed by atoms with Crippen LogP contribution in [0.3, 0.4) is 0 Å². The smallest absolute Gasteiger partial charge is 0.163 e. The van der Waals surface area contributed by atoms with Crippen LogP contribution in [0.25, 0.3) is 11.2 Å². The maximum absolute atomic E-state index is 5.95. The first kappa shape index (κ1) is 13.5. The highest BCUT2D eigenvalue weighted by atomic mass is 15.0. The lowest BCUT2D eigenvalue weighted by Crippen LogP contribution is -2.15. The number of nitrogens with two attached hydrogens (primary N) is 1. The number of aromatic amines is 1. The van der Waals surface area contributed by atoms with E-state index in [1.54, 1.807) is 6.33 Å². The average molecular weight is 281 g/mol. The van der Waals surface area contributed by atoms with E-state index in [1.807, 2.05) is 6.07 Å². The summed E-state index contributed by atoms with van der Waals surface area (Å²) in [5, 5.41) is 0. The van der Waals surface area contributed by atoms with E-state index in [9.17, 15) is 0 Å². The Hall–Kier alpha value is -2.43. The normalized spacial score (nSPS) is 12.0. The zero-order valence-corrected chi connectivity index (χ0v) is 12.5. The van der Waals surface area contributed by atoms with E-state index >= 15 is 0 Å². The molecule has 0 aliphatic carbocycles. The summed E-state index contributed by atoms with van der Waals surface area (Å²) >= 11 is 0. The topological polar surface area (TPSA) is 80.5 Å². The van der Waals surface area contributed by atoms with Crippen LogP contribution in [0.2, 0.25) is 0 Å². The molecule has 3 rings (SSSR count). The first-order valence-electron chi connectivity index (χ1n) is 6.99. The van der Waals surface area contributed by atoms with Crippen LogP contribution in [-0.4, -0.2) is 19.9 Å². The standard InChI is InChI=1S/C16H19N5/c1-16(2,3)11-7-5-4-6-10(11)8-12-20-14(17)13-15(21-12)19-9-18-13/h4-7,9H,8H2,1-3H3,(H3,17,18,19,20,21). The van der Waals surface area contributed by atoms with Crippen molar-refractivity contribution in [1.29, 1.82) is 0 Å². The molecule has 0 aliphatic rings. The third kappa shape index (κ3) is 2.59. The fourth-order valence-corrected chi connectivity index (χ4v) is 2.56. The Morgan fingerprint density at radius 2 is 1.90 bits per heavy atom. The number of imidazole rings is 1. The van der Waals surface area contributed by atoms with Gasteiger partial charge in [-0.15, -0.1) is 0 Å². The van der Waals surface area contributed by atoms with Crippen LogP contribution in [0.4, 0.5) is 5.82 Å². The molecule has 0 saturated carbocycles. The van der Waals surface area contributed by atoms with Crippen molar-refractivity contribution in [2.75, 3.05) is 5.73 Å². The van der Waals surface area contributed by atoms with Crippen LogP contribution in [0.5, 0.6) is 0 Å². The predicted octanol–water partition coefficient (Wildman–Crippen LogP) is 2.82. The molecular weight excluding hydrogens is 262 g/mol. The van der Waals surface area contributed by atoms with Crippen LogP contribution in [-0.2, 0) is 11.8 Å². The molecule has 2 heterocycles. The van der Waals surface area contributed by atoms with Gasteiger partial charge in [-0.2, -0.15) is 0 Å². The van der Waals surface area contributed by atoms with E-state index in [2.05, 4.69) is 58.9 Å². The molecule has 0 bridgehead atoms. The minimum Gasteiger partial charge on any atom is -0.382 e. The molecule has 0 amide bonds. The number of fused-ring (bicyclic) bond motifs is 1. The summed E-state index contributed by atoms with van der Waals surface area (Å²) in [4.78, 5) is 16.0. The Labute approximate surface area is 123 Å². The van der Waals surface area contributed by atoms with Crippen molar-refractivity contribution in [3.8, 4) is 0 Å². The molecule has 3 aromatic rings. The van der Waals surface area contributed by atoms with Crippen LogP contribution >= 0.6 is 0 Å². The van der Waals surface area contributed by atoms with Gasteiger partial charge in [0, 0.05) is 6.42 Å². The number of benzene rings is 1. The van der Waals surface area contributed by atoms with Gasteiger partial charge >= 0.3 is 0 Å². The van der Waals surface area contributed by atoms with E-state index in [0.717, 1.165) is 0 Å². The number of nitrogens with one attached hydrogen (secondary N) is 1. The molecule has 1 aromatic carbocycles. The number of H-pyrrole nitrogens is 1. The van der Waals surface area contributed by atoms with Crippen LogP contribution < -0.4 is 5.73 Å². The quantitative estimate of drug-likeness (QED) is 0.757. The summed E-state index contributed by atoms with van der Waals surface area (Å²) in [6.07, 6.45) is 2.25. The van der Waals surface area contributed by atoms with Gasteiger partial charge in [0.25, 0.3) is 0 Å². The zero-order chi connectivity index (χ0) is 15.0. The van der Waals surface area contributed by atoms with Gasteiger partial charge in [-0.25, -0.2) is 15.0 Å². The molecule has 21 heavy (non-hydrogen) atoms. The Kier molecular flexibility index (Phi) is 3.12. The van der Waals surface area contributed by atoms with E-state index in [1.165, 1.54) is 11.1 Å². The van der Waals surface area contributed by atoms with E-state index < -0.39 is 0 Å². The molecule has 0 aliphatic heterocycles. The van der Waals surface area contributed by atoms with Crippen molar-refractivity contribution in [3.05, 3.63) is 47.5 Å². The van der Waals surface area contributed by atoms with E-state index in [4.69, 9.17) is 5.73 Å². The first-order valence-corrected chi connectivity index (χ1v) is 6.99. The molecule has 108 valence electrons. The molecule has 0 atom stereocenters. The van der Waals surface area contributed by atoms with Crippen molar-refractivity contribution in [2.24, 2.45) is 0 Å². The van der Waals surface area contributed by atoms with Gasteiger partial charge in [0.2, 0.25) is 0 Å². The summed E-state index contributed by atoms with van der Waals surface area (Å²) in [7, 11) is 0. The Morgan fingerprint density at radius 3 is 2.67 bits per heavy atom. The molecule has 0 saturated heterocycles. The molecular formula is C16H19N5. The van der Waals surface area contributed by atoms with Gasteiger partial charge in [-0.05, 0) is 16.5 Å². The lowest BCUT2D eigenvalue weighted by molar-refractivity contribution is 0.583. The van der Waals surface area contributed by atoms with Gasteiger partial charge < -0.3 is 10.7 Å². The predicted molar refractivity (Wildman–Crippen MR) is 84.0 cm³/mol. The van der Waals surface area contributed by atoms with Crippen molar-refractivity contribution < 1.29 is 0 Å². The summed E-state index contributed by atoms with van der Waals surface area (Å²) in [5.41, 5.74) is 9.87. The summed E-state index contributed by atoms with van der Waals surface area (Å²) in [5.74, 6) is 1.13. The van der Waals surface area contributed by atoms with E-state index in [-0.39, 0.29) is 5.41 Å². The van der Waals surface area contributed by atoms with Gasteiger partial charge in [-0.3, -0.25) is 0 Å². The van der Waals surface area contributed by atoms with Crippen LogP contribution in [0.15, 0.2) is 30.6 Å². The number of hydrogen-bond donors (Lipinski definition) is 2. The average Bonchev–Trinajstić information content (AvgIpc) is 2.87. The third-order valence-electron chi connectivity index (χ3n) is 3.53. The van der Waals surface area contributed by atoms with Crippen molar-refractivity contribution in [3.63, 3.8) is 0 Å². The van der Waals surface area contributed by atoms with Crippen molar-refractivity contribution >= 4 is 17.0 Å². The molecule has 5 nitrogen and oxygen atoms in total. The van der Waals surface area contributed by atoms with Gasteiger partial charge in [0.1, 0.15) is 11.3 Å². The molecule has 0 fully saturated rings. The highest BCUT2D eigenvalue weighted by molar-refractivity contribution is 5.80. The van der Waals surface area contributed by atoms with Crippen molar-refractivity contribution in [1.82, 2.24) is 19.9 Å². The summed E-state index contributed by atoms with van der Waals surface area (Å²) in [6.45, 7) is 6.62. The second-order valence-electron chi connectivity index (χ2n) is 6.21. The second-order valence-corrected chi connectivity index (χ2v) is 6.21. The maximum Gasteiger partial charge on any atom is 0.163 e. The third-order valence-corrected chi connectivity index (χ3v) is 3.53. The van der Waals surface area contributed by atoms with Crippen molar-refractivity contribution in [2.45, 2.75) is 32.6 Å². The Balaban J connectivity index is 2.03. The Morgan fingerprint density at radius 1 is 1.14 bits per heavy atom. The number of anilines is 1. The number of hydrogen-bond acceptors (Lipinski definition) is 4. The lowest BCUT2D eigenvalue weighted by atomic mass is 9.83. The largest absolute Gasteiger partial charge is 0.382 e. The SMILES string of the molecule is CC(C)(C)c1ccccc1Cc1nc(N)c2nc[nH]c2n1. The number of aromatic nitrogens is 4. The summed E-state index contributed by atoms with van der Waals surface area (Å²) < 4.78 is 0. The Bertz CT molecular complexity index is 783. The molecule has 2 aromatic heterocycles. The molecule has 0 radical (unpaired) electrons. The second kappa shape index (κ2) is 4.84. The monoisotopic (exact) mass is 281 g/mol. The van der Waals surface area contributed by atoms with Crippen LogP contribution in [0, 0.1) is 0 Å². The van der Waals surface area contributed by atoms with Gasteiger partial charge in [-0.1, -0.05) is 45.0 Å². The fourth-order valence-electron chi connectivity index (χ4n) is 2.56. The van der Waals surface area contributed by atoms with Gasteiger partial charge in [0.05, 0.1) is 6.33 Å². The lowest BCUT2D eigenvalue weighted by Gasteiger charge is -2.22. The van der Waals surface area contributed by atoms with Gasteiger partial charge in [0.15, 0.2) is 11.5 Å². The van der Waals surface area contributed by atoms with Crippen LogP contribution in [0.1, 0.15) is 37.7 Å². The molecule has 5 heteroatoms. The highest BCUT2D eigenvalue weighted by Crippen LogP contribution is 2.27. The molecule has 0 spiro atoms. The maximum atomic E-state index is 5.95. The van der Waals surface area contributed by atoms with E-state index in [0.29, 0.717) is 29.2 Å². The summed E-state index contributed by atoms with van der Waals surface area (Å²) in [6, 6.07) is 8.39. The number of rotatable bonds is 2. The first-order chi connectivity index (χ1) is 9.95. The minimum atomic E-state index is 0.0836. The number of nitrogens with zero attached hydrogens (tertiary/aromatic N) is 3. The molecule has 0 unspecified atom stereocenters. The fraction of sp³-hybridized carbons (Fsp3) is 0.312. The highest BCUT2D eigenvalue weighted by Gasteiger charge is 2.18. The minimum absolute atomic E-state index is 0.0836.